The van der Waals surface area contributed by atoms with Gasteiger partial charge in [0, 0.05) is 0 Å². The smallest absolute Gasteiger partial charge is 0.186 e. The fraction of sp³-hybridized carbons (Fsp3) is 0.500. The zero-order valence-corrected chi connectivity index (χ0v) is 13.3. The predicted molar refractivity (Wildman–Crippen MR) is 79.1 cm³/mol. The topological polar surface area (TPSA) is 61.6 Å². The van der Waals surface area contributed by atoms with Crippen LogP contribution in [0.3, 0.4) is 0 Å². The quantitative estimate of drug-likeness (QED) is 0.814. The second kappa shape index (κ2) is 6.39. The molecule has 0 bridgehead atoms. The van der Waals surface area contributed by atoms with E-state index in [9.17, 15) is 4.79 Å². The lowest BCUT2D eigenvalue weighted by molar-refractivity contribution is 0.0876. The van der Waals surface area contributed by atoms with Crippen molar-refractivity contribution in [3.05, 3.63) is 22.2 Å². The number of carbonyl (C=O) groups is 1. The highest BCUT2D eigenvalue weighted by molar-refractivity contribution is 9.10. The van der Waals surface area contributed by atoms with Gasteiger partial charge in [0.25, 0.3) is 0 Å². The second-order valence-corrected chi connectivity index (χ2v) is 5.15. The molecule has 0 amide bonds. The number of rotatable bonds is 6. The van der Waals surface area contributed by atoms with Gasteiger partial charge in [-0.15, -0.1) is 0 Å². The number of methoxy groups -OCH3 is 2. The second-order valence-electron chi connectivity index (χ2n) is 4.35. The third-order valence-corrected chi connectivity index (χ3v) is 4.20. The van der Waals surface area contributed by atoms with E-state index < -0.39 is 5.54 Å². The lowest BCUT2D eigenvalue weighted by Gasteiger charge is -2.26. The molecule has 0 spiro atoms. The lowest BCUT2D eigenvalue weighted by atomic mass is 9.85. The standard InChI is InChI=1S/C14H20BrNO3/c1-5-14(16,6-2)13(17)9-7-8-10(18-3)11(15)12(9)19-4/h7-8H,5-6,16H2,1-4H3. The molecule has 0 saturated heterocycles. The summed E-state index contributed by atoms with van der Waals surface area (Å²) >= 11 is 3.39. The van der Waals surface area contributed by atoms with Crippen molar-refractivity contribution >= 4 is 21.7 Å². The average Bonchev–Trinajstić information content (AvgIpc) is 2.45. The van der Waals surface area contributed by atoms with Gasteiger partial charge >= 0.3 is 0 Å². The van der Waals surface area contributed by atoms with E-state index in [1.165, 1.54) is 7.11 Å². The highest BCUT2D eigenvalue weighted by atomic mass is 79.9. The number of benzene rings is 1. The van der Waals surface area contributed by atoms with Gasteiger partial charge < -0.3 is 15.2 Å². The summed E-state index contributed by atoms with van der Waals surface area (Å²) in [4.78, 5) is 12.6. The number of ether oxygens (including phenoxy) is 2. The van der Waals surface area contributed by atoms with E-state index >= 15 is 0 Å². The summed E-state index contributed by atoms with van der Waals surface area (Å²) in [7, 11) is 3.08. The van der Waals surface area contributed by atoms with Crippen LogP contribution < -0.4 is 15.2 Å². The average molecular weight is 330 g/mol. The molecule has 5 heteroatoms. The Hall–Kier alpha value is -1.07. The van der Waals surface area contributed by atoms with Gasteiger partial charge in [0.2, 0.25) is 0 Å². The number of hydrogen-bond donors (Lipinski definition) is 1. The number of halogens is 1. The van der Waals surface area contributed by atoms with Gasteiger partial charge in [-0.3, -0.25) is 4.79 Å². The molecule has 0 aliphatic carbocycles. The minimum Gasteiger partial charge on any atom is -0.495 e. The third kappa shape index (κ3) is 2.92. The monoisotopic (exact) mass is 329 g/mol. The summed E-state index contributed by atoms with van der Waals surface area (Å²) in [5.41, 5.74) is 5.78. The molecule has 1 aromatic carbocycles. The number of Topliss-reactive ketones (excluding diaryl/α,β-unsaturated/α-hetero) is 1. The number of hydrogen-bond acceptors (Lipinski definition) is 4. The largest absolute Gasteiger partial charge is 0.495 e. The number of ketones is 1. The van der Waals surface area contributed by atoms with Crippen LogP contribution in [0.15, 0.2) is 16.6 Å². The van der Waals surface area contributed by atoms with Crippen LogP contribution in [-0.4, -0.2) is 25.5 Å². The Bertz CT molecular complexity index is 470. The van der Waals surface area contributed by atoms with Gasteiger partial charge in [-0.25, -0.2) is 0 Å². The first kappa shape index (κ1) is 16.0. The SMILES string of the molecule is CCC(N)(CC)C(=O)c1ccc(OC)c(Br)c1OC. The predicted octanol–water partition coefficient (Wildman–Crippen LogP) is 3.17. The van der Waals surface area contributed by atoms with Crippen LogP contribution in [0.2, 0.25) is 0 Å². The molecule has 106 valence electrons. The van der Waals surface area contributed by atoms with Crippen molar-refractivity contribution in [1.29, 1.82) is 0 Å². The van der Waals surface area contributed by atoms with Crippen molar-refractivity contribution in [2.24, 2.45) is 5.73 Å². The molecule has 2 N–H and O–H groups in total. The van der Waals surface area contributed by atoms with Crippen molar-refractivity contribution in [2.75, 3.05) is 14.2 Å². The number of nitrogens with two attached hydrogens (primary N) is 1. The van der Waals surface area contributed by atoms with Crippen LogP contribution in [-0.2, 0) is 0 Å². The van der Waals surface area contributed by atoms with Gasteiger partial charge in [0.15, 0.2) is 5.78 Å². The molecule has 1 aromatic rings. The highest BCUT2D eigenvalue weighted by Gasteiger charge is 2.33. The maximum atomic E-state index is 12.6. The molecule has 0 fully saturated rings. The van der Waals surface area contributed by atoms with Crippen LogP contribution in [0.5, 0.6) is 11.5 Å². The Kier molecular flexibility index (Phi) is 5.38. The van der Waals surface area contributed by atoms with Crippen molar-refractivity contribution in [3.8, 4) is 11.5 Å². The van der Waals surface area contributed by atoms with Crippen LogP contribution in [0, 0.1) is 0 Å². The Morgan fingerprint density at radius 1 is 1.26 bits per heavy atom. The van der Waals surface area contributed by atoms with Gasteiger partial charge in [-0.2, -0.15) is 0 Å². The first-order valence-electron chi connectivity index (χ1n) is 6.19. The number of carbonyl (C=O) groups excluding carboxylic acids is 1. The van der Waals surface area contributed by atoms with E-state index in [1.54, 1.807) is 19.2 Å². The molecular weight excluding hydrogens is 310 g/mol. The Balaban J connectivity index is 3.36. The molecule has 0 atom stereocenters. The third-order valence-electron chi connectivity index (χ3n) is 3.44. The molecular formula is C14H20BrNO3. The Morgan fingerprint density at radius 3 is 2.26 bits per heavy atom. The minimum absolute atomic E-state index is 0.113. The maximum absolute atomic E-state index is 12.6. The molecule has 0 heterocycles. The summed E-state index contributed by atoms with van der Waals surface area (Å²) in [6, 6.07) is 3.42. The van der Waals surface area contributed by atoms with Crippen molar-refractivity contribution in [2.45, 2.75) is 32.2 Å². The van der Waals surface area contributed by atoms with Crippen molar-refractivity contribution in [1.82, 2.24) is 0 Å². The van der Waals surface area contributed by atoms with Gasteiger partial charge in [-0.1, -0.05) is 13.8 Å². The van der Waals surface area contributed by atoms with Crippen molar-refractivity contribution in [3.63, 3.8) is 0 Å². The molecule has 0 unspecified atom stereocenters. The molecule has 0 aliphatic rings. The van der Waals surface area contributed by atoms with E-state index in [2.05, 4.69) is 15.9 Å². The summed E-state index contributed by atoms with van der Waals surface area (Å²) in [5.74, 6) is 0.961. The molecule has 4 nitrogen and oxygen atoms in total. The Labute approximate surface area is 122 Å². The molecule has 0 aliphatic heterocycles. The van der Waals surface area contributed by atoms with Gasteiger partial charge in [0.1, 0.15) is 16.0 Å². The molecule has 0 radical (unpaired) electrons. The van der Waals surface area contributed by atoms with Gasteiger partial charge in [-0.05, 0) is 40.9 Å². The summed E-state index contributed by atoms with van der Waals surface area (Å²) in [6.07, 6.45) is 1.16. The van der Waals surface area contributed by atoms with Crippen LogP contribution in [0.25, 0.3) is 0 Å². The molecule has 1 rings (SSSR count). The zero-order valence-electron chi connectivity index (χ0n) is 11.7. The van der Waals surface area contributed by atoms with Crippen LogP contribution in [0.1, 0.15) is 37.0 Å². The Morgan fingerprint density at radius 2 is 1.84 bits per heavy atom. The lowest BCUT2D eigenvalue weighted by Crippen LogP contribution is -2.46. The zero-order chi connectivity index (χ0) is 14.6. The fourth-order valence-electron chi connectivity index (χ4n) is 1.91. The molecule has 19 heavy (non-hydrogen) atoms. The summed E-state index contributed by atoms with van der Waals surface area (Å²) in [5, 5.41) is 0. The maximum Gasteiger partial charge on any atom is 0.186 e. The minimum atomic E-state index is -0.860. The van der Waals surface area contributed by atoms with Crippen LogP contribution >= 0.6 is 15.9 Å². The first-order valence-corrected chi connectivity index (χ1v) is 6.98. The fourth-order valence-corrected chi connectivity index (χ4v) is 2.58. The van der Waals surface area contributed by atoms with Crippen molar-refractivity contribution < 1.29 is 14.3 Å². The summed E-state index contributed by atoms with van der Waals surface area (Å²) in [6.45, 7) is 3.82. The van der Waals surface area contributed by atoms with Gasteiger partial charge in [0.05, 0.1) is 25.3 Å². The molecule has 0 aromatic heterocycles. The first-order chi connectivity index (χ1) is 8.95. The van der Waals surface area contributed by atoms with E-state index in [0.717, 1.165) is 0 Å². The normalized spacial score (nSPS) is 11.3. The van der Waals surface area contributed by atoms with E-state index in [-0.39, 0.29) is 5.78 Å². The van der Waals surface area contributed by atoms with E-state index in [0.29, 0.717) is 34.4 Å². The summed E-state index contributed by atoms with van der Waals surface area (Å²) < 4.78 is 11.1. The molecule has 0 saturated carbocycles. The van der Waals surface area contributed by atoms with Crippen LogP contribution in [0.4, 0.5) is 0 Å². The van der Waals surface area contributed by atoms with E-state index in [4.69, 9.17) is 15.2 Å². The highest BCUT2D eigenvalue weighted by Crippen LogP contribution is 2.38. The van der Waals surface area contributed by atoms with E-state index in [1.807, 2.05) is 13.8 Å².